The van der Waals surface area contributed by atoms with Crippen molar-refractivity contribution in [1.82, 2.24) is 9.80 Å². The Bertz CT molecular complexity index is 311. The van der Waals surface area contributed by atoms with E-state index in [1.54, 1.807) is 11.9 Å². The molecule has 1 rings (SSSR count). The molecule has 0 aromatic rings. The van der Waals surface area contributed by atoms with Crippen LogP contribution in [0.3, 0.4) is 0 Å². The van der Waals surface area contributed by atoms with Gasteiger partial charge in [-0.15, -0.1) is 0 Å². The fourth-order valence-corrected chi connectivity index (χ4v) is 2.56. The monoisotopic (exact) mass is 251 g/mol. The number of hydrogen-bond donors (Lipinski definition) is 0. The molecule has 0 aliphatic carbocycles. The van der Waals surface area contributed by atoms with E-state index < -0.39 is 0 Å². The van der Waals surface area contributed by atoms with E-state index in [4.69, 9.17) is 5.26 Å². The van der Waals surface area contributed by atoms with E-state index in [0.29, 0.717) is 25.4 Å². The minimum absolute atomic E-state index is 0.149. The lowest BCUT2D eigenvalue weighted by molar-refractivity contribution is -0.130. The van der Waals surface area contributed by atoms with E-state index in [1.165, 1.54) is 12.8 Å². The van der Waals surface area contributed by atoms with Crippen LogP contribution in [-0.4, -0.2) is 48.4 Å². The van der Waals surface area contributed by atoms with Gasteiger partial charge in [-0.3, -0.25) is 4.79 Å². The summed E-state index contributed by atoms with van der Waals surface area (Å²) in [6, 6.07) is 2.66. The van der Waals surface area contributed by atoms with Crippen LogP contribution < -0.4 is 0 Å². The van der Waals surface area contributed by atoms with Crippen LogP contribution in [0.25, 0.3) is 0 Å². The second-order valence-electron chi connectivity index (χ2n) is 5.49. The summed E-state index contributed by atoms with van der Waals surface area (Å²) in [6.07, 6.45) is 3.46. The lowest BCUT2D eigenvalue weighted by atomic mass is 9.93. The molecule has 1 heterocycles. The van der Waals surface area contributed by atoms with E-state index in [0.717, 1.165) is 19.0 Å². The normalized spacial score (nSPS) is 24.6. The Hall–Kier alpha value is -1.08. The number of carbonyl (C=O) groups is 1. The quantitative estimate of drug-likeness (QED) is 0.749. The maximum absolute atomic E-state index is 11.9. The molecule has 1 aliphatic rings. The van der Waals surface area contributed by atoms with E-state index in [-0.39, 0.29) is 5.91 Å². The third kappa shape index (κ3) is 4.66. The third-order valence-corrected chi connectivity index (χ3v) is 3.87. The fourth-order valence-electron chi connectivity index (χ4n) is 2.56. The predicted molar refractivity (Wildman–Crippen MR) is 71.9 cm³/mol. The van der Waals surface area contributed by atoms with Gasteiger partial charge < -0.3 is 9.80 Å². The molecule has 2 atom stereocenters. The van der Waals surface area contributed by atoms with Gasteiger partial charge in [-0.2, -0.15) is 5.26 Å². The van der Waals surface area contributed by atoms with Crippen LogP contribution in [0.4, 0.5) is 0 Å². The number of piperidine rings is 1. The minimum atomic E-state index is 0.149. The first kappa shape index (κ1) is 15.0. The summed E-state index contributed by atoms with van der Waals surface area (Å²) < 4.78 is 0. The highest BCUT2D eigenvalue weighted by Crippen LogP contribution is 2.22. The van der Waals surface area contributed by atoms with Gasteiger partial charge in [0.1, 0.15) is 0 Å². The zero-order chi connectivity index (χ0) is 13.5. The van der Waals surface area contributed by atoms with E-state index >= 15 is 0 Å². The number of amides is 1. The first-order valence-corrected chi connectivity index (χ1v) is 6.89. The molecule has 0 bridgehead atoms. The zero-order valence-corrected chi connectivity index (χ0v) is 11.9. The Kier molecular flexibility index (Phi) is 6.14. The van der Waals surface area contributed by atoms with Gasteiger partial charge in [-0.05, 0) is 32.2 Å². The molecule has 0 aromatic carbocycles. The number of nitrogens with zero attached hydrogens (tertiary/aromatic N) is 3. The van der Waals surface area contributed by atoms with Gasteiger partial charge in [0, 0.05) is 32.6 Å². The minimum Gasteiger partial charge on any atom is -0.345 e. The molecule has 102 valence electrons. The molecule has 1 aliphatic heterocycles. The number of hydrogen-bond acceptors (Lipinski definition) is 3. The highest BCUT2D eigenvalue weighted by molar-refractivity contribution is 5.76. The van der Waals surface area contributed by atoms with Crippen LogP contribution >= 0.6 is 0 Å². The second-order valence-corrected chi connectivity index (χ2v) is 5.49. The average Bonchev–Trinajstić information content (AvgIpc) is 2.34. The van der Waals surface area contributed by atoms with E-state index in [1.807, 2.05) is 0 Å². The lowest BCUT2D eigenvalue weighted by Gasteiger charge is -2.36. The van der Waals surface area contributed by atoms with Gasteiger partial charge in [-0.25, -0.2) is 0 Å². The standard InChI is InChI=1S/C14H25N3O/c1-12-5-9-17(13(2)11-12)10-6-14(18)16(3)8-4-7-15/h12-13H,4-6,8-11H2,1-3H3. The van der Waals surface area contributed by atoms with Gasteiger partial charge >= 0.3 is 0 Å². The van der Waals surface area contributed by atoms with Crippen molar-refractivity contribution < 1.29 is 4.79 Å². The predicted octanol–water partition coefficient (Wildman–Crippen LogP) is 1.87. The SMILES string of the molecule is CC1CCN(CCC(=O)N(C)CCC#N)C(C)C1. The average molecular weight is 251 g/mol. The maximum atomic E-state index is 11.9. The van der Waals surface area contributed by atoms with Crippen molar-refractivity contribution in [3.05, 3.63) is 0 Å². The van der Waals surface area contributed by atoms with Crippen molar-refractivity contribution in [1.29, 1.82) is 5.26 Å². The molecule has 18 heavy (non-hydrogen) atoms. The molecule has 0 radical (unpaired) electrons. The van der Waals surface area contributed by atoms with Crippen LogP contribution in [0.15, 0.2) is 0 Å². The molecular weight excluding hydrogens is 226 g/mol. The van der Waals surface area contributed by atoms with Crippen LogP contribution in [0.5, 0.6) is 0 Å². The molecule has 2 unspecified atom stereocenters. The summed E-state index contributed by atoms with van der Waals surface area (Å²) in [5, 5.41) is 8.49. The molecule has 0 saturated carbocycles. The van der Waals surface area contributed by atoms with Gasteiger partial charge in [0.05, 0.1) is 12.5 Å². The van der Waals surface area contributed by atoms with Crippen molar-refractivity contribution in [2.24, 2.45) is 5.92 Å². The van der Waals surface area contributed by atoms with E-state index in [2.05, 4.69) is 24.8 Å². The van der Waals surface area contributed by atoms with Crippen LogP contribution in [0.2, 0.25) is 0 Å². The first-order valence-electron chi connectivity index (χ1n) is 6.89. The van der Waals surface area contributed by atoms with Crippen LogP contribution in [0.1, 0.15) is 39.5 Å². The third-order valence-electron chi connectivity index (χ3n) is 3.87. The van der Waals surface area contributed by atoms with Crippen molar-refractivity contribution in [2.75, 3.05) is 26.7 Å². The Balaban J connectivity index is 2.28. The molecule has 4 heteroatoms. The maximum Gasteiger partial charge on any atom is 0.223 e. The largest absolute Gasteiger partial charge is 0.345 e. The molecule has 0 spiro atoms. The number of nitriles is 1. The summed E-state index contributed by atoms with van der Waals surface area (Å²) in [7, 11) is 1.78. The zero-order valence-electron chi connectivity index (χ0n) is 11.9. The Morgan fingerprint density at radius 3 is 2.83 bits per heavy atom. The second kappa shape index (κ2) is 7.38. The van der Waals surface area contributed by atoms with Crippen molar-refractivity contribution in [2.45, 2.75) is 45.6 Å². The summed E-state index contributed by atoms with van der Waals surface area (Å²) >= 11 is 0. The van der Waals surface area contributed by atoms with Gasteiger partial charge in [0.25, 0.3) is 0 Å². The summed E-state index contributed by atoms with van der Waals surface area (Å²) in [6.45, 7) is 7.05. The smallest absolute Gasteiger partial charge is 0.223 e. The number of carbonyl (C=O) groups excluding carboxylic acids is 1. The van der Waals surface area contributed by atoms with Gasteiger partial charge in [0.15, 0.2) is 0 Å². The molecule has 4 nitrogen and oxygen atoms in total. The molecule has 1 fully saturated rings. The van der Waals surface area contributed by atoms with Gasteiger partial charge in [0.2, 0.25) is 5.91 Å². The molecular formula is C14H25N3O. The van der Waals surface area contributed by atoms with Crippen LogP contribution in [0, 0.1) is 17.2 Å². The highest BCUT2D eigenvalue weighted by atomic mass is 16.2. The summed E-state index contributed by atoms with van der Waals surface area (Å²) in [5.41, 5.74) is 0. The number of likely N-dealkylation sites (tertiary alicyclic amines) is 1. The van der Waals surface area contributed by atoms with Crippen molar-refractivity contribution in [3.8, 4) is 6.07 Å². The topological polar surface area (TPSA) is 47.3 Å². The Labute approximate surface area is 111 Å². The molecule has 1 amide bonds. The summed E-state index contributed by atoms with van der Waals surface area (Å²) in [4.78, 5) is 15.9. The Morgan fingerprint density at radius 1 is 1.50 bits per heavy atom. The van der Waals surface area contributed by atoms with Gasteiger partial charge in [-0.1, -0.05) is 6.92 Å². The first-order chi connectivity index (χ1) is 8.54. The van der Waals surface area contributed by atoms with E-state index in [9.17, 15) is 4.79 Å². The molecule has 0 aromatic heterocycles. The summed E-state index contributed by atoms with van der Waals surface area (Å²) in [5.74, 6) is 0.960. The molecule has 0 N–H and O–H groups in total. The molecule has 1 saturated heterocycles. The van der Waals surface area contributed by atoms with Crippen LogP contribution in [-0.2, 0) is 4.79 Å². The fraction of sp³-hybridized carbons (Fsp3) is 0.857. The highest BCUT2D eigenvalue weighted by Gasteiger charge is 2.23. The Morgan fingerprint density at radius 2 is 2.22 bits per heavy atom. The lowest BCUT2D eigenvalue weighted by Crippen LogP contribution is -2.42. The number of rotatable bonds is 5. The van der Waals surface area contributed by atoms with Crippen molar-refractivity contribution >= 4 is 5.91 Å². The van der Waals surface area contributed by atoms with Crippen molar-refractivity contribution in [3.63, 3.8) is 0 Å².